The van der Waals surface area contributed by atoms with Gasteiger partial charge in [0, 0.05) is 18.6 Å². The molecule has 4 heteroatoms. The van der Waals surface area contributed by atoms with Gasteiger partial charge in [-0.05, 0) is 37.9 Å². The van der Waals surface area contributed by atoms with Crippen molar-refractivity contribution in [3.63, 3.8) is 0 Å². The van der Waals surface area contributed by atoms with Crippen LogP contribution in [0.1, 0.15) is 19.3 Å². The monoisotopic (exact) mass is 237 g/mol. The number of anilines is 1. The average Bonchev–Trinajstić information content (AvgIpc) is 2.83. The molecular weight excluding hydrogens is 222 g/mol. The van der Waals surface area contributed by atoms with Crippen LogP contribution < -0.4 is 5.32 Å². The van der Waals surface area contributed by atoms with Crippen LogP contribution in [0, 0.1) is 0 Å². The molecule has 1 N–H and O–H groups in total. The molecule has 0 aromatic carbocycles. The molecule has 1 aromatic rings. The molecular formula is C12H16ClN3. The molecule has 0 amide bonds. The molecule has 0 aliphatic carbocycles. The minimum Gasteiger partial charge on any atom is -0.366 e. The summed E-state index contributed by atoms with van der Waals surface area (Å²) in [5.74, 6) is 0.909. The van der Waals surface area contributed by atoms with E-state index in [1.165, 1.54) is 32.4 Å². The van der Waals surface area contributed by atoms with Gasteiger partial charge in [0.05, 0.1) is 0 Å². The summed E-state index contributed by atoms with van der Waals surface area (Å²) in [5.41, 5.74) is 0. The summed E-state index contributed by atoms with van der Waals surface area (Å²) < 4.78 is 0. The van der Waals surface area contributed by atoms with E-state index >= 15 is 0 Å². The van der Waals surface area contributed by atoms with Gasteiger partial charge in [-0.1, -0.05) is 17.7 Å². The van der Waals surface area contributed by atoms with E-state index in [4.69, 9.17) is 11.6 Å². The molecule has 0 saturated carbocycles. The Bertz CT molecular complexity index is 382. The van der Waals surface area contributed by atoms with Crippen molar-refractivity contribution in [3.8, 4) is 0 Å². The highest BCUT2D eigenvalue weighted by Gasteiger charge is 2.37. The largest absolute Gasteiger partial charge is 0.366 e. The number of rotatable bonds is 2. The SMILES string of the molecule is Clc1cccc(NC2CCN3CCCC23)n1. The zero-order valence-corrected chi connectivity index (χ0v) is 9.95. The van der Waals surface area contributed by atoms with Gasteiger partial charge in [-0.3, -0.25) is 4.90 Å². The number of nitrogens with one attached hydrogen (secondary N) is 1. The van der Waals surface area contributed by atoms with E-state index in [0.29, 0.717) is 17.2 Å². The van der Waals surface area contributed by atoms with E-state index in [-0.39, 0.29) is 0 Å². The molecule has 2 aliphatic heterocycles. The normalized spacial score (nSPS) is 29.3. The average molecular weight is 238 g/mol. The molecule has 2 fully saturated rings. The van der Waals surface area contributed by atoms with Gasteiger partial charge >= 0.3 is 0 Å². The fourth-order valence-electron chi connectivity index (χ4n) is 2.93. The highest BCUT2D eigenvalue weighted by Crippen LogP contribution is 2.29. The maximum Gasteiger partial charge on any atom is 0.131 e. The van der Waals surface area contributed by atoms with Crippen molar-refractivity contribution in [1.82, 2.24) is 9.88 Å². The standard InChI is InChI=1S/C12H16ClN3/c13-11-4-1-5-12(15-11)14-9-6-8-16-7-2-3-10(9)16/h1,4-5,9-10H,2-3,6-8H2,(H,14,15). The molecule has 86 valence electrons. The third kappa shape index (κ3) is 1.89. The maximum atomic E-state index is 5.88. The summed E-state index contributed by atoms with van der Waals surface area (Å²) in [6.07, 6.45) is 3.88. The first-order valence-electron chi connectivity index (χ1n) is 5.96. The molecule has 0 radical (unpaired) electrons. The van der Waals surface area contributed by atoms with Crippen molar-refractivity contribution >= 4 is 17.4 Å². The zero-order valence-electron chi connectivity index (χ0n) is 9.19. The summed E-state index contributed by atoms with van der Waals surface area (Å²) in [4.78, 5) is 6.87. The first kappa shape index (κ1) is 10.4. The summed E-state index contributed by atoms with van der Waals surface area (Å²) in [7, 11) is 0. The molecule has 3 heterocycles. The minimum atomic E-state index is 0.550. The third-order valence-corrected chi connectivity index (χ3v) is 3.86. The molecule has 0 bridgehead atoms. The zero-order chi connectivity index (χ0) is 11.0. The van der Waals surface area contributed by atoms with Gasteiger partial charge in [-0.25, -0.2) is 4.98 Å². The fraction of sp³-hybridized carbons (Fsp3) is 0.583. The van der Waals surface area contributed by atoms with Crippen molar-refractivity contribution in [2.45, 2.75) is 31.3 Å². The van der Waals surface area contributed by atoms with Gasteiger partial charge in [-0.15, -0.1) is 0 Å². The Kier molecular flexibility index (Phi) is 2.74. The fourth-order valence-corrected chi connectivity index (χ4v) is 3.09. The van der Waals surface area contributed by atoms with Crippen LogP contribution in [-0.2, 0) is 0 Å². The lowest BCUT2D eigenvalue weighted by molar-refractivity contribution is 0.318. The number of hydrogen-bond donors (Lipinski definition) is 1. The second-order valence-electron chi connectivity index (χ2n) is 4.63. The van der Waals surface area contributed by atoms with Gasteiger partial charge in [0.2, 0.25) is 0 Å². The van der Waals surface area contributed by atoms with Gasteiger partial charge in [-0.2, -0.15) is 0 Å². The molecule has 2 unspecified atom stereocenters. The second-order valence-corrected chi connectivity index (χ2v) is 5.02. The van der Waals surface area contributed by atoms with Crippen LogP contribution in [0.5, 0.6) is 0 Å². The maximum absolute atomic E-state index is 5.88. The van der Waals surface area contributed by atoms with Crippen molar-refractivity contribution in [2.24, 2.45) is 0 Å². The first-order chi connectivity index (χ1) is 7.83. The molecule has 2 aliphatic rings. The second kappa shape index (κ2) is 4.22. The Balaban J connectivity index is 1.71. The predicted molar refractivity (Wildman–Crippen MR) is 65.9 cm³/mol. The lowest BCUT2D eigenvalue weighted by atomic mass is 10.1. The number of fused-ring (bicyclic) bond motifs is 1. The van der Waals surface area contributed by atoms with Gasteiger partial charge in [0.1, 0.15) is 11.0 Å². The molecule has 2 saturated heterocycles. The third-order valence-electron chi connectivity index (χ3n) is 3.65. The van der Waals surface area contributed by atoms with Crippen LogP contribution in [0.3, 0.4) is 0 Å². The van der Waals surface area contributed by atoms with Crippen molar-refractivity contribution in [1.29, 1.82) is 0 Å². The van der Waals surface area contributed by atoms with Crippen molar-refractivity contribution in [3.05, 3.63) is 23.4 Å². The smallest absolute Gasteiger partial charge is 0.131 e. The number of halogens is 1. The highest BCUT2D eigenvalue weighted by molar-refractivity contribution is 6.29. The van der Waals surface area contributed by atoms with E-state index in [0.717, 1.165) is 5.82 Å². The molecule has 0 spiro atoms. The molecule has 2 atom stereocenters. The molecule has 3 rings (SSSR count). The van der Waals surface area contributed by atoms with Crippen LogP contribution in [0.4, 0.5) is 5.82 Å². The van der Waals surface area contributed by atoms with E-state index in [1.54, 1.807) is 0 Å². The lowest BCUT2D eigenvalue weighted by Crippen LogP contribution is -2.33. The Morgan fingerprint density at radius 2 is 2.25 bits per heavy atom. The molecule has 16 heavy (non-hydrogen) atoms. The van der Waals surface area contributed by atoms with E-state index in [2.05, 4.69) is 15.2 Å². The summed E-state index contributed by atoms with van der Waals surface area (Å²) >= 11 is 5.88. The van der Waals surface area contributed by atoms with Crippen LogP contribution in [0.15, 0.2) is 18.2 Å². The Morgan fingerprint density at radius 3 is 3.12 bits per heavy atom. The Labute approximate surface area is 101 Å². The Morgan fingerprint density at radius 1 is 1.31 bits per heavy atom. The van der Waals surface area contributed by atoms with E-state index in [1.807, 2.05) is 18.2 Å². The summed E-state index contributed by atoms with van der Waals surface area (Å²) in [5, 5.41) is 4.08. The van der Waals surface area contributed by atoms with Crippen LogP contribution in [-0.4, -0.2) is 35.1 Å². The highest BCUT2D eigenvalue weighted by atomic mass is 35.5. The number of hydrogen-bond acceptors (Lipinski definition) is 3. The lowest BCUT2D eigenvalue weighted by Gasteiger charge is -2.21. The number of pyridine rings is 1. The quantitative estimate of drug-likeness (QED) is 0.801. The first-order valence-corrected chi connectivity index (χ1v) is 6.34. The topological polar surface area (TPSA) is 28.2 Å². The van der Waals surface area contributed by atoms with Gasteiger partial charge in [0.15, 0.2) is 0 Å². The molecule has 3 nitrogen and oxygen atoms in total. The van der Waals surface area contributed by atoms with Crippen molar-refractivity contribution < 1.29 is 0 Å². The van der Waals surface area contributed by atoms with E-state index < -0.39 is 0 Å². The number of nitrogens with zero attached hydrogens (tertiary/aromatic N) is 2. The number of aromatic nitrogens is 1. The minimum absolute atomic E-state index is 0.550. The van der Waals surface area contributed by atoms with Crippen molar-refractivity contribution in [2.75, 3.05) is 18.4 Å². The van der Waals surface area contributed by atoms with Crippen LogP contribution in [0.2, 0.25) is 5.15 Å². The van der Waals surface area contributed by atoms with Gasteiger partial charge < -0.3 is 5.32 Å². The van der Waals surface area contributed by atoms with Crippen LogP contribution in [0.25, 0.3) is 0 Å². The predicted octanol–water partition coefficient (Wildman–Crippen LogP) is 2.38. The summed E-state index contributed by atoms with van der Waals surface area (Å²) in [6.45, 7) is 2.49. The van der Waals surface area contributed by atoms with Crippen LogP contribution >= 0.6 is 11.6 Å². The van der Waals surface area contributed by atoms with Gasteiger partial charge in [0.25, 0.3) is 0 Å². The van der Waals surface area contributed by atoms with E-state index in [9.17, 15) is 0 Å². The summed E-state index contributed by atoms with van der Waals surface area (Å²) in [6, 6.07) is 7.00. The Hall–Kier alpha value is -0.800. The molecule has 1 aromatic heterocycles.